The van der Waals surface area contributed by atoms with Gasteiger partial charge in [0.2, 0.25) is 0 Å². The van der Waals surface area contributed by atoms with Gasteiger partial charge in [0.25, 0.3) is 17.4 Å². The molecule has 2 amide bonds. The number of halogens is 4. The van der Waals surface area contributed by atoms with Gasteiger partial charge < -0.3 is 10.5 Å². The van der Waals surface area contributed by atoms with Crippen molar-refractivity contribution in [2.24, 2.45) is 0 Å². The predicted molar refractivity (Wildman–Crippen MR) is 82.6 cm³/mol. The number of aromatic nitrogens is 1. The summed E-state index contributed by atoms with van der Waals surface area (Å²) in [6.45, 7) is 0. The van der Waals surface area contributed by atoms with Crippen LogP contribution < -0.4 is 21.3 Å². The summed E-state index contributed by atoms with van der Waals surface area (Å²) in [5.74, 6) is -2.83. The number of hydrogen-bond donors (Lipinski definition) is 2. The van der Waals surface area contributed by atoms with Gasteiger partial charge in [-0.25, -0.2) is 0 Å². The molecule has 7 nitrogen and oxygen atoms in total. The zero-order valence-corrected chi connectivity index (χ0v) is 13.6. The number of nitrogens with one attached hydrogen (secondary N) is 1. The Balaban J connectivity index is 2.30. The first kappa shape index (κ1) is 17.0. The number of nitrogen functional groups attached to an aromatic ring is 1. The number of nitrogens with zero attached hydrogens (tertiary/aromatic N) is 1. The van der Waals surface area contributed by atoms with Gasteiger partial charge in [-0.1, -0.05) is 15.9 Å². The molecule has 1 aromatic carbocycles. The highest BCUT2D eigenvalue weighted by molar-refractivity contribution is 9.10. The molecular weight excluding hydrogens is 411 g/mol. The van der Waals surface area contributed by atoms with E-state index < -0.39 is 35.3 Å². The van der Waals surface area contributed by atoms with E-state index in [-0.39, 0.29) is 16.8 Å². The Bertz CT molecular complexity index is 985. The molecule has 0 saturated heterocycles. The van der Waals surface area contributed by atoms with E-state index in [0.29, 0.717) is 9.04 Å². The van der Waals surface area contributed by atoms with E-state index in [4.69, 9.17) is 5.73 Å². The fourth-order valence-electron chi connectivity index (χ4n) is 2.40. The van der Waals surface area contributed by atoms with Gasteiger partial charge in [-0.3, -0.25) is 24.3 Å². The quantitative estimate of drug-likeness (QED) is 0.727. The highest BCUT2D eigenvalue weighted by Gasteiger charge is 2.35. The minimum atomic E-state index is -5.01. The summed E-state index contributed by atoms with van der Waals surface area (Å²) in [7, 11) is 0. The molecule has 2 aromatic rings. The van der Waals surface area contributed by atoms with Crippen molar-refractivity contribution in [3.8, 4) is 11.4 Å². The molecule has 2 heterocycles. The number of rotatable bonds is 2. The van der Waals surface area contributed by atoms with Crippen molar-refractivity contribution in [3.63, 3.8) is 0 Å². The smallest absolute Gasteiger partial charge is 0.404 e. The molecule has 0 spiro atoms. The Morgan fingerprint density at radius 3 is 2.44 bits per heavy atom. The van der Waals surface area contributed by atoms with Gasteiger partial charge in [-0.05, 0) is 18.2 Å². The van der Waals surface area contributed by atoms with Gasteiger partial charge in [0.15, 0.2) is 5.75 Å². The van der Waals surface area contributed by atoms with Crippen LogP contribution in [0.25, 0.3) is 5.69 Å². The summed E-state index contributed by atoms with van der Waals surface area (Å²) in [4.78, 5) is 35.8. The normalized spacial score (nSPS) is 13.6. The highest BCUT2D eigenvalue weighted by atomic mass is 79.9. The maximum Gasteiger partial charge on any atom is 0.573 e. The van der Waals surface area contributed by atoms with Crippen LogP contribution in [0.2, 0.25) is 0 Å². The fourth-order valence-corrected chi connectivity index (χ4v) is 2.75. The molecule has 1 aliphatic heterocycles. The van der Waals surface area contributed by atoms with Crippen molar-refractivity contribution in [2.75, 3.05) is 5.73 Å². The van der Waals surface area contributed by atoms with Crippen LogP contribution in [-0.2, 0) is 0 Å². The summed E-state index contributed by atoms with van der Waals surface area (Å²) in [5.41, 5.74) is 4.03. The molecule has 3 rings (SSSR count). The van der Waals surface area contributed by atoms with Gasteiger partial charge in [0, 0.05) is 10.5 Å². The second-order valence-electron chi connectivity index (χ2n) is 4.93. The number of nitrogens with two attached hydrogens (primary N) is 1. The van der Waals surface area contributed by atoms with Crippen LogP contribution in [0.4, 0.5) is 19.0 Å². The fraction of sp³-hybridized carbons (Fsp3) is 0.0714. The monoisotopic (exact) mass is 417 g/mol. The summed E-state index contributed by atoms with van der Waals surface area (Å²) in [6.07, 6.45) is -5.01. The Morgan fingerprint density at radius 2 is 1.80 bits per heavy atom. The number of alkyl halides is 3. The lowest BCUT2D eigenvalue weighted by Crippen LogP contribution is -2.26. The van der Waals surface area contributed by atoms with Crippen LogP contribution >= 0.6 is 15.9 Å². The van der Waals surface area contributed by atoms with Crippen molar-refractivity contribution in [1.82, 2.24) is 9.88 Å². The predicted octanol–water partition coefficient (Wildman–Crippen LogP) is 1.96. The molecule has 0 radical (unpaired) electrons. The average Bonchev–Trinajstić information content (AvgIpc) is 2.75. The first-order chi connectivity index (χ1) is 11.6. The summed E-state index contributed by atoms with van der Waals surface area (Å²) < 4.78 is 42.8. The Hall–Kier alpha value is -2.82. The zero-order valence-electron chi connectivity index (χ0n) is 12.0. The average molecular weight is 418 g/mol. The van der Waals surface area contributed by atoms with Gasteiger partial charge in [-0.2, -0.15) is 0 Å². The third-order valence-corrected chi connectivity index (χ3v) is 3.83. The molecule has 3 N–H and O–H groups in total. The lowest BCUT2D eigenvalue weighted by molar-refractivity contribution is -0.274. The van der Waals surface area contributed by atoms with E-state index in [1.165, 1.54) is 12.1 Å². The molecule has 11 heteroatoms. The Morgan fingerprint density at radius 1 is 1.12 bits per heavy atom. The first-order valence-corrected chi connectivity index (χ1v) is 7.34. The maximum absolute atomic E-state index is 12.6. The molecule has 0 fully saturated rings. The zero-order chi connectivity index (χ0) is 18.5. The van der Waals surface area contributed by atoms with Crippen molar-refractivity contribution in [1.29, 1.82) is 0 Å². The number of pyridine rings is 1. The van der Waals surface area contributed by atoms with Crippen LogP contribution in [-0.4, -0.2) is 22.7 Å². The minimum absolute atomic E-state index is 0.239. The second-order valence-corrected chi connectivity index (χ2v) is 5.85. The largest absolute Gasteiger partial charge is 0.573 e. The number of fused-ring (bicyclic) bond motifs is 1. The van der Waals surface area contributed by atoms with Crippen molar-refractivity contribution >= 4 is 33.6 Å². The van der Waals surface area contributed by atoms with E-state index in [1.807, 2.05) is 5.32 Å². The number of benzene rings is 1. The minimum Gasteiger partial charge on any atom is -0.404 e. The molecule has 0 bridgehead atoms. The summed E-state index contributed by atoms with van der Waals surface area (Å²) in [5, 5.41) is 1.96. The third-order valence-electron chi connectivity index (χ3n) is 3.34. The SMILES string of the molecule is Nc1c2c(cc(=O)n1-c1cc(Br)ccc1OC(F)(F)F)C(=O)NC2=O. The molecule has 0 atom stereocenters. The van der Waals surface area contributed by atoms with Crippen LogP contribution in [0, 0.1) is 0 Å². The van der Waals surface area contributed by atoms with Crippen LogP contribution in [0.15, 0.2) is 33.5 Å². The number of carbonyl (C=O) groups excluding carboxylic acids is 2. The van der Waals surface area contributed by atoms with Gasteiger partial charge in [-0.15, -0.1) is 13.2 Å². The number of carbonyl (C=O) groups is 2. The summed E-state index contributed by atoms with van der Waals surface area (Å²) in [6, 6.07) is 4.25. The first-order valence-electron chi connectivity index (χ1n) is 6.55. The van der Waals surface area contributed by atoms with Crippen LogP contribution in [0.3, 0.4) is 0 Å². The molecule has 1 aliphatic rings. The van der Waals surface area contributed by atoms with E-state index in [2.05, 4.69) is 20.7 Å². The third kappa shape index (κ3) is 2.97. The lowest BCUT2D eigenvalue weighted by atomic mass is 10.1. The molecule has 130 valence electrons. The lowest BCUT2D eigenvalue weighted by Gasteiger charge is -2.17. The Kier molecular flexibility index (Phi) is 3.82. The second kappa shape index (κ2) is 5.62. The van der Waals surface area contributed by atoms with E-state index in [0.717, 1.165) is 12.1 Å². The number of imide groups is 1. The molecule has 25 heavy (non-hydrogen) atoms. The van der Waals surface area contributed by atoms with Crippen molar-refractivity contribution in [3.05, 3.63) is 50.2 Å². The van der Waals surface area contributed by atoms with Gasteiger partial charge >= 0.3 is 6.36 Å². The molecule has 1 aromatic heterocycles. The topological polar surface area (TPSA) is 103 Å². The van der Waals surface area contributed by atoms with Crippen molar-refractivity contribution < 1.29 is 27.5 Å². The number of amides is 2. The van der Waals surface area contributed by atoms with E-state index in [9.17, 15) is 27.6 Å². The number of anilines is 1. The van der Waals surface area contributed by atoms with Crippen LogP contribution in [0.5, 0.6) is 5.75 Å². The molecule has 0 saturated carbocycles. The van der Waals surface area contributed by atoms with Gasteiger partial charge in [0.1, 0.15) is 5.82 Å². The van der Waals surface area contributed by atoms with Crippen LogP contribution in [0.1, 0.15) is 20.7 Å². The van der Waals surface area contributed by atoms with E-state index >= 15 is 0 Å². The standard InChI is InChI=1S/C14H7BrF3N3O4/c15-5-1-2-8(25-14(16,17)18)7(3-5)21-9(22)4-6-10(11(21)19)13(24)20-12(6)23/h1-4H,19H2,(H,20,23,24). The molecule has 0 aliphatic carbocycles. The van der Waals surface area contributed by atoms with E-state index in [1.54, 1.807) is 0 Å². The highest BCUT2D eigenvalue weighted by Crippen LogP contribution is 2.33. The van der Waals surface area contributed by atoms with Gasteiger partial charge in [0.05, 0.1) is 16.8 Å². The Labute approximate surface area is 145 Å². The molecular formula is C14H7BrF3N3O4. The molecule has 0 unspecified atom stereocenters. The maximum atomic E-state index is 12.6. The van der Waals surface area contributed by atoms with Crippen molar-refractivity contribution in [2.45, 2.75) is 6.36 Å². The number of ether oxygens (including phenoxy) is 1. The number of hydrogen-bond acceptors (Lipinski definition) is 5. The summed E-state index contributed by atoms with van der Waals surface area (Å²) >= 11 is 3.08.